The van der Waals surface area contributed by atoms with Gasteiger partial charge in [0.15, 0.2) is 0 Å². The fraction of sp³-hybridized carbons (Fsp3) is 1.00. The molecule has 1 aliphatic rings. The van der Waals surface area contributed by atoms with Crippen LogP contribution in [0.4, 0.5) is 0 Å². The molecule has 0 aromatic rings. The van der Waals surface area contributed by atoms with Crippen LogP contribution in [0.25, 0.3) is 0 Å². The summed E-state index contributed by atoms with van der Waals surface area (Å²) >= 11 is 0. The van der Waals surface area contributed by atoms with Gasteiger partial charge in [-0.2, -0.15) is 0 Å². The van der Waals surface area contributed by atoms with E-state index in [4.69, 9.17) is 0 Å². The second-order valence-electron chi connectivity index (χ2n) is 5.55. The summed E-state index contributed by atoms with van der Waals surface area (Å²) < 4.78 is 0. The predicted molar refractivity (Wildman–Crippen MR) is 58.9 cm³/mol. The highest BCUT2D eigenvalue weighted by Crippen LogP contribution is 2.29. The second kappa shape index (κ2) is 4.00. The molecular weight excluding hydrogens is 158 g/mol. The van der Waals surface area contributed by atoms with Crippen LogP contribution in [0.5, 0.6) is 0 Å². The van der Waals surface area contributed by atoms with Crippen LogP contribution in [0.1, 0.15) is 47.5 Å². The summed E-state index contributed by atoms with van der Waals surface area (Å²) in [5, 5.41) is 0. The van der Waals surface area contributed by atoms with Crippen molar-refractivity contribution in [1.29, 1.82) is 0 Å². The Hall–Kier alpha value is -0.0400. The molecule has 1 aliphatic heterocycles. The third-order valence-electron chi connectivity index (χ3n) is 3.59. The molecule has 0 spiro atoms. The third-order valence-corrected chi connectivity index (χ3v) is 3.59. The van der Waals surface area contributed by atoms with Crippen LogP contribution < -0.4 is 0 Å². The highest BCUT2D eigenvalue weighted by molar-refractivity contribution is 4.84. The van der Waals surface area contributed by atoms with E-state index < -0.39 is 0 Å². The number of likely N-dealkylation sites (tertiary alicyclic amines) is 1. The van der Waals surface area contributed by atoms with Crippen molar-refractivity contribution in [3.63, 3.8) is 0 Å². The van der Waals surface area contributed by atoms with Crippen LogP contribution >= 0.6 is 0 Å². The van der Waals surface area contributed by atoms with E-state index in [-0.39, 0.29) is 0 Å². The van der Waals surface area contributed by atoms with Crippen molar-refractivity contribution in [2.24, 2.45) is 11.8 Å². The summed E-state index contributed by atoms with van der Waals surface area (Å²) in [4.78, 5) is 2.64. The SMILES string of the molecule is CCC1CN(C(C)(C)C)CCC1C. The Balaban J connectivity index is 2.55. The fourth-order valence-electron chi connectivity index (χ4n) is 2.29. The zero-order valence-corrected chi connectivity index (χ0v) is 9.93. The van der Waals surface area contributed by atoms with Crippen molar-refractivity contribution in [2.75, 3.05) is 13.1 Å². The quantitative estimate of drug-likeness (QED) is 0.603. The first-order valence-electron chi connectivity index (χ1n) is 5.70. The van der Waals surface area contributed by atoms with Gasteiger partial charge < -0.3 is 0 Å². The molecule has 1 rings (SSSR count). The minimum absolute atomic E-state index is 0.369. The Morgan fingerprint density at radius 1 is 1.31 bits per heavy atom. The molecule has 0 aromatic carbocycles. The van der Waals surface area contributed by atoms with Crippen molar-refractivity contribution < 1.29 is 0 Å². The minimum atomic E-state index is 0.369. The summed E-state index contributed by atoms with van der Waals surface area (Å²) in [6.45, 7) is 14.3. The Morgan fingerprint density at radius 3 is 2.38 bits per heavy atom. The van der Waals surface area contributed by atoms with Gasteiger partial charge in [-0.25, -0.2) is 0 Å². The molecule has 0 bridgehead atoms. The summed E-state index contributed by atoms with van der Waals surface area (Å²) in [7, 11) is 0. The molecule has 1 nitrogen and oxygen atoms in total. The van der Waals surface area contributed by atoms with Gasteiger partial charge in [0.2, 0.25) is 0 Å². The van der Waals surface area contributed by atoms with E-state index in [0.717, 1.165) is 11.8 Å². The van der Waals surface area contributed by atoms with E-state index in [1.165, 1.54) is 25.9 Å². The van der Waals surface area contributed by atoms with E-state index in [2.05, 4.69) is 39.5 Å². The van der Waals surface area contributed by atoms with E-state index in [9.17, 15) is 0 Å². The molecule has 0 saturated carbocycles. The Morgan fingerprint density at radius 2 is 1.92 bits per heavy atom. The second-order valence-corrected chi connectivity index (χ2v) is 5.55. The average molecular weight is 183 g/mol. The lowest BCUT2D eigenvalue weighted by atomic mass is 9.83. The summed E-state index contributed by atoms with van der Waals surface area (Å²) in [6.07, 6.45) is 2.73. The largest absolute Gasteiger partial charge is 0.298 e. The molecule has 1 heterocycles. The van der Waals surface area contributed by atoms with Crippen LogP contribution in [0.15, 0.2) is 0 Å². The molecule has 1 fully saturated rings. The van der Waals surface area contributed by atoms with Crippen molar-refractivity contribution in [2.45, 2.75) is 53.0 Å². The topological polar surface area (TPSA) is 3.24 Å². The molecule has 2 atom stereocenters. The van der Waals surface area contributed by atoms with Crippen molar-refractivity contribution in [3.05, 3.63) is 0 Å². The van der Waals surface area contributed by atoms with E-state index in [1.807, 2.05) is 0 Å². The number of rotatable bonds is 1. The Labute approximate surface area is 83.5 Å². The first-order valence-corrected chi connectivity index (χ1v) is 5.70. The van der Waals surface area contributed by atoms with Gasteiger partial charge in [0, 0.05) is 12.1 Å². The first kappa shape index (κ1) is 11.0. The van der Waals surface area contributed by atoms with Gasteiger partial charge in [0.25, 0.3) is 0 Å². The smallest absolute Gasteiger partial charge is 0.0125 e. The third kappa shape index (κ3) is 2.70. The van der Waals surface area contributed by atoms with Gasteiger partial charge in [-0.05, 0) is 45.6 Å². The van der Waals surface area contributed by atoms with Crippen LogP contribution in [-0.2, 0) is 0 Å². The summed E-state index contributed by atoms with van der Waals surface area (Å²) in [5.41, 5.74) is 0.369. The lowest BCUT2D eigenvalue weighted by Gasteiger charge is -2.44. The molecule has 78 valence electrons. The van der Waals surface area contributed by atoms with E-state index in [0.29, 0.717) is 5.54 Å². The van der Waals surface area contributed by atoms with E-state index in [1.54, 1.807) is 0 Å². The average Bonchev–Trinajstić information content (AvgIpc) is 2.03. The first-order chi connectivity index (χ1) is 5.95. The van der Waals surface area contributed by atoms with Crippen LogP contribution in [0.2, 0.25) is 0 Å². The fourth-order valence-corrected chi connectivity index (χ4v) is 2.29. The number of nitrogens with zero attached hydrogens (tertiary/aromatic N) is 1. The van der Waals surface area contributed by atoms with Crippen molar-refractivity contribution >= 4 is 0 Å². The predicted octanol–water partition coefficient (Wildman–Crippen LogP) is 3.15. The van der Waals surface area contributed by atoms with Gasteiger partial charge in [-0.15, -0.1) is 0 Å². The summed E-state index contributed by atoms with van der Waals surface area (Å²) in [5.74, 6) is 1.86. The number of piperidine rings is 1. The molecule has 1 saturated heterocycles. The molecule has 13 heavy (non-hydrogen) atoms. The minimum Gasteiger partial charge on any atom is -0.298 e. The maximum Gasteiger partial charge on any atom is 0.0125 e. The summed E-state index contributed by atoms with van der Waals surface area (Å²) in [6, 6.07) is 0. The zero-order chi connectivity index (χ0) is 10.1. The standard InChI is InChI=1S/C12H25N/c1-6-11-9-13(12(3,4)5)8-7-10(11)2/h10-11H,6-9H2,1-5H3. The van der Waals surface area contributed by atoms with Crippen LogP contribution in [-0.4, -0.2) is 23.5 Å². The monoisotopic (exact) mass is 183 g/mol. The molecule has 0 radical (unpaired) electrons. The maximum absolute atomic E-state index is 2.64. The highest BCUT2D eigenvalue weighted by atomic mass is 15.2. The van der Waals surface area contributed by atoms with Crippen molar-refractivity contribution in [1.82, 2.24) is 4.90 Å². The molecular formula is C12H25N. The molecule has 0 aromatic heterocycles. The molecule has 0 aliphatic carbocycles. The normalized spacial score (nSPS) is 32.1. The Kier molecular flexibility index (Phi) is 3.39. The van der Waals surface area contributed by atoms with E-state index >= 15 is 0 Å². The highest BCUT2D eigenvalue weighted by Gasteiger charge is 2.30. The number of hydrogen-bond donors (Lipinski definition) is 0. The molecule has 0 amide bonds. The molecule has 0 N–H and O–H groups in total. The van der Waals surface area contributed by atoms with Crippen LogP contribution in [0, 0.1) is 11.8 Å². The Bertz CT molecular complexity index is 157. The molecule has 2 unspecified atom stereocenters. The van der Waals surface area contributed by atoms with Gasteiger partial charge in [0.05, 0.1) is 0 Å². The van der Waals surface area contributed by atoms with Gasteiger partial charge in [0.1, 0.15) is 0 Å². The molecule has 1 heteroatoms. The van der Waals surface area contributed by atoms with Crippen molar-refractivity contribution in [3.8, 4) is 0 Å². The lowest BCUT2D eigenvalue weighted by Crippen LogP contribution is -2.49. The zero-order valence-electron chi connectivity index (χ0n) is 9.93. The maximum atomic E-state index is 2.64. The van der Waals surface area contributed by atoms with Gasteiger partial charge >= 0.3 is 0 Å². The van der Waals surface area contributed by atoms with Gasteiger partial charge in [-0.1, -0.05) is 20.3 Å². The van der Waals surface area contributed by atoms with Gasteiger partial charge in [-0.3, -0.25) is 4.90 Å². The van der Waals surface area contributed by atoms with Crippen LogP contribution in [0.3, 0.4) is 0 Å². The number of hydrogen-bond acceptors (Lipinski definition) is 1. The lowest BCUT2D eigenvalue weighted by molar-refractivity contribution is 0.0505.